The van der Waals surface area contributed by atoms with Gasteiger partial charge in [0, 0.05) is 27.8 Å². The van der Waals surface area contributed by atoms with Crippen molar-refractivity contribution in [2.45, 2.75) is 27.0 Å². The molecule has 0 unspecified atom stereocenters. The predicted octanol–water partition coefficient (Wildman–Crippen LogP) is 7.05. The molecule has 0 radical (unpaired) electrons. The van der Waals surface area contributed by atoms with Gasteiger partial charge < -0.3 is 10.1 Å². The van der Waals surface area contributed by atoms with E-state index in [-0.39, 0.29) is 12.4 Å². The van der Waals surface area contributed by atoms with Gasteiger partial charge in [-0.3, -0.25) is 0 Å². The molecule has 0 saturated heterocycles. The van der Waals surface area contributed by atoms with Gasteiger partial charge in [-0.05, 0) is 67.4 Å². The molecule has 27 heavy (non-hydrogen) atoms. The van der Waals surface area contributed by atoms with Gasteiger partial charge in [0.1, 0.15) is 18.2 Å². The van der Waals surface area contributed by atoms with Crippen molar-refractivity contribution in [1.82, 2.24) is 0 Å². The molecule has 0 atom stereocenters. The normalized spacial score (nSPS) is 10.7. The molecule has 3 rings (SSSR count). The Morgan fingerprint density at radius 1 is 0.963 bits per heavy atom. The van der Waals surface area contributed by atoms with E-state index in [1.165, 1.54) is 23.3 Å². The van der Waals surface area contributed by atoms with Gasteiger partial charge in [0.25, 0.3) is 0 Å². The average Bonchev–Trinajstić information content (AvgIpc) is 2.63. The van der Waals surface area contributed by atoms with Gasteiger partial charge in [0.15, 0.2) is 0 Å². The van der Waals surface area contributed by atoms with Crippen LogP contribution in [0.1, 0.15) is 22.3 Å². The van der Waals surface area contributed by atoms with E-state index in [9.17, 15) is 4.39 Å². The molecular formula is C22H20BrClFNO. The quantitative estimate of drug-likeness (QED) is 0.436. The zero-order valence-corrected chi connectivity index (χ0v) is 17.5. The second-order valence-electron chi connectivity index (χ2n) is 6.43. The summed E-state index contributed by atoms with van der Waals surface area (Å²) < 4.78 is 20.1. The number of benzene rings is 3. The topological polar surface area (TPSA) is 21.3 Å². The van der Waals surface area contributed by atoms with Crippen LogP contribution in [0.3, 0.4) is 0 Å². The van der Waals surface area contributed by atoms with Gasteiger partial charge >= 0.3 is 0 Å². The van der Waals surface area contributed by atoms with Gasteiger partial charge in [-0.2, -0.15) is 0 Å². The summed E-state index contributed by atoms with van der Waals surface area (Å²) in [5.41, 5.74) is 5.33. The monoisotopic (exact) mass is 447 g/mol. The molecule has 3 aromatic carbocycles. The largest absolute Gasteiger partial charge is 0.488 e. The highest BCUT2D eigenvalue weighted by Gasteiger charge is 2.08. The highest BCUT2D eigenvalue weighted by Crippen LogP contribution is 2.27. The van der Waals surface area contributed by atoms with Crippen molar-refractivity contribution in [1.29, 1.82) is 0 Å². The van der Waals surface area contributed by atoms with E-state index in [0.29, 0.717) is 11.6 Å². The molecule has 0 aliphatic rings. The van der Waals surface area contributed by atoms with Crippen LogP contribution < -0.4 is 10.1 Å². The van der Waals surface area contributed by atoms with Crippen LogP contribution in [0.15, 0.2) is 59.1 Å². The fourth-order valence-corrected chi connectivity index (χ4v) is 3.30. The maximum absolute atomic E-state index is 13.2. The lowest BCUT2D eigenvalue weighted by atomic mass is 10.1. The second-order valence-corrected chi connectivity index (χ2v) is 7.75. The number of nitrogens with one attached hydrogen (secondary N) is 1. The predicted molar refractivity (Wildman–Crippen MR) is 113 cm³/mol. The van der Waals surface area contributed by atoms with Gasteiger partial charge in [0.2, 0.25) is 0 Å². The first-order valence-corrected chi connectivity index (χ1v) is 9.76. The van der Waals surface area contributed by atoms with E-state index in [0.717, 1.165) is 27.0 Å². The standard InChI is InChI=1S/C22H20BrClFNO/c1-14-3-7-20(9-15(14)2)26-12-17-10-18(23)5-8-22(17)27-13-16-4-6-19(25)11-21(16)24/h3-11,26H,12-13H2,1-2H3. The number of hydrogen-bond acceptors (Lipinski definition) is 2. The Balaban J connectivity index is 1.73. The number of aryl methyl sites for hydroxylation is 2. The molecule has 0 saturated carbocycles. The summed E-state index contributed by atoms with van der Waals surface area (Å²) in [6, 6.07) is 16.5. The first-order chi connectivity index (χ1) is 12.9. The minimum Gasteiger partial charge on any atom is -0.488 e. The third-order valence-electron chi connectivity index (χ3n) is 4.41. The maximum atomic E-state index is 13.2. The minimum atomic E-state index is -0.356. The summed E-state index contributed by atoms with van der Waals surface area (Å²) in [6.07, 6.45) is 0. The van der Waals surface area contributed by atoms with Crippen LogP contribution in [0.2, 0.25) is 5.02 Å². The zero-order valence-electron chi connectivity index (χ0n) is 15.2. The second kappa shape index (κ2) is 8.77. The van der Waals surface area contributed by atoms with Gasteiger partial charge in [-0.1, -0.05) is 39.7 Å². The number of ether oxygens (including phenoxy) is 1. The van der Waals surface area contributed by atoms with Gasteiger partial charge in [-0.15, -0.1) is 0 Å². The molecule has 140 valence electrons. The number of halogens is 3. The lowest BCUT2D eigenvalue weighted by Crippen LogP contribution is -2.04. The molecule has 0 aliphatic heterocycles. The van der Waals surface area contributed by atoms with Crippen LogP contribution in [-0.4, -0.2) is 0 Å². The van der Waals surface area contributed by atoms with Crippen molar-refractivity contribution in [3.8, 4) is 5.75 Å². The van der Waals surface area contributed by atoms with E-state index >= 15 is 0 Å². The third kappa shape index (κ3) is 5.24. The average molecular weight is 449 g/mol. The summed E-state index contributed by atoms with van der Waals surface area (Å²) >= 11 is 9.60. The Labute approximate surface area is 172 Å². The van der Waals surface area contributed by atoms with Crippen LogP contribution in [0.4, 0.5) is 10.1 Å². The fourth-order valence-electron chi connectivity index (χ4n) is 2.67. The van der Waals surface area contributed by atoms with Crippen molar-refractivity contribution >= 4 is 33.2 Å². The molecule has 0 fully saturated rings. The molecule has 2 nitrogen and oxygen atoms in total. The van der Waals surface area contributed by atoms with E-state index in [2.05, 4.69) is 53.3 Å². The van der Waals surface area contributed by atoms with Crippen LogP contribution in [0.5, 0.6) is 5.75 Å². The van der Waals surface area contributed by atoms with Gasteiger partial charge in [0.05, 0.1) is 5.02 Å². The summed E-state index contributed by atoms with van der Waals surface area (Å²) in [7, 11) is 0. The third-order valence-corrected chi connectivity index (χ3v) is 5.26. The summed E-state index contributed by atoms with van der Waals surface area (Å²) in [4.78, 5) is 0. The first-order valence-electron chi connectivity index (χ1n) is 8.58. The molecule has 3 aromatic rings. The lowest BCUT2D eigenvalue weighted by Gasteiger charge is -2.15. The molecule has 0 aliphatic carbocycles. The molecule has 5 heteroatoms. The molecule has 0 aromatic heterocycles. The molecule has 0 heterocycles. The Bertz CT molecular complexity index is 961. The smallest absolute Gasteiger partial charge is 0.124 e. The highest BCUT2D eigenvalue weighted by molar-refractivity contribution is 9.10. The Morgan fingerprint density at radius 2 is 1.78 bits per heavy atom. The summed E-state index contributed by atoms with van der Waals surface area (Å²) in [5, 5.41) is 3.80. The Hall–Kier alpha value is -2.04. The van der Waals surface area contributed by atoms with Crippen molar-refractivity contribution < 1.29 is 9.13 Å². The minimum absolute atomic E-state index is 0.275. The number of anilines is 1. The summed E-state index contributed by atoms with van der Waals surface area (Å²) in [5.74, 6) is 0.403. The van der Waals surface area contributed by atoms with Crippen molar-refractivity contribution in [2.75, 3.05) is 5.32 Å². The van der Waals surface area contributed by atoms with Crippen LogP contribution in [-0.2, 0) is 13.2 Å². The van der Waals surface area contributed by atoms with Crippen molar-refractivity contribution in [3.63, 3.8) is 0 Å². The number of hydrogen-bond donors (Lipinski definition) is 1. The van der Waals surface area contributed by atoms with E-state index in [1.54, 1.807) is 6.07 Å². The SMILES string of the molecule is Cc1ccc(NCc2cc(Br)ccc2OCc2ccc(F)cc2Cl)cc1C. The van der Waals surface area contributed by atoms with E-state index < -0.39 is 0 Å². The Kier molecular flexibility index (Phi) is 6.40. The van der Waals surface area contributed by atoms with Crippen LogP contribution in [0, 0.1) is 19.7 Å². The molecular weight excluding hydrogens is 429 g/mol. The molecule has 0 spiro atoms. The van der Waals surface area contributed by atoms with E-state index in [4.69, 9.17) is 16.3 Å². The summed E-state index contributed by atoms with van der Waals surface area (Å²) in [6.45, 7) is 5.09. The maximum Gasteiger partial charge on any atom is 0.124 e. The molecule has 1 N–H and O–H groups in total. The molecule has 0 amide bonds. The highest BCUT2D eigenvalue weighted by atomic mass is 79.9. The lowest BCUT2D eigenvalue weighted by molar-refractivity contribution is 0.303. The fraction of sp³-hybridized carbons (Fsp3) is 0.182. The van der Waals surface area contributed by atoms with Gasteiger partial charge in [-0.25, -0.2) is 4.39 Å². The van der Waals surface area contributed by atoms with Crippen molar-refractivity contribution in [2.24, 2.45) is 0 Å². The molecule has 0 bridgehead atoms. The van der Waals surface area contributed by atoms with Crippen LogP contribution >= 0.6 is 27.5 Å². The van der Waals surface area contributed by atoms with Crippen LogP contribution in [0.25, 0.3) is 0 Å². The zero-order chi connectivity index (χ0) is 19.4. The Morgan fingerprint density at radius 3 is 2.52 bits per heavy atom. The number of rotatable bonds is 6. The van der Waals surface area contributed by atoms with E-state index in [1.807, 2.05) is 18.2 Å². The van der Waals surface area contributed by atoms with Crippen molar-refractivity contribution in [3.05, 3.63) is 92.2 Å². The first kappa shape index (κ1) is 19.7.